The summed E-state index contributed by atoms with van der Waals surface area (Å²) < 4.78 is 0. The first-order chi connectivity index (χ1) is 4.33. The molecular formula is C7H9NO. The van der Waals surface area contributed by atoms with Crippen LogP contribution in [0.4, 0.5) is 0 Å². The molecule has 0 aliphatic carbocycles. The highest BCUT2D eigenvalue weighted by atomic mass is 16.6. The number of hydrogen-bond acceptors (Lipinski definition) is 2. The SMILES string of the molecule is CC#CC1CC(C)=NO1. The molecule has 2 nitrogen and oxygen atoms in total. The monoisotopic (exact) mass is 123 g/mol. The topological polar surface area (TPSA) is 21.6 Å². The number of nitrogens with zero attached hydrogens (tertiary/aromatic N) is 1. The Morgan fingerprint density at radius 1 is 1.78 bits per heavy atom. The van der Waals surface area contributed by atoms with E-state index in [1.807, 2.05) is 6.92 Å². The van der Waals surface area contributed by atoms with Crippen LogP contribution in [0, 0.1) is 11.8 Å². The van der Waals surface area contributed by atoms with E-state index in [0.29, 0.717) is 0 Å². The molecule has 0 saturated heterocycles. The van der Waals surface area contributed by atoms with Crippen molar-refractivity contribution in [3.8, 4) is 11.8 Å². The van der Waals surface area contributed by atoms with Crippen LogP contribution in [0.3, 0.4) is 0 Å². The van der Waals surface area contributed by atoms with Gasteiger partial charge in [0.05, 0.1) is 5.71 Å². The standard InChI is InChI=1S/C7H9NO/c1-3-4-7-5-6(2)8-9-7/h7H,5H2,1-2H3. The van der Waals surface area contributed by atoms with E-state index in [1.165, 1.54) is 0 Å². The van der Waals surface area contributed by atoms with Crippen molar-refractivity contribution in [2.45, 2.75) is 26.4 Å². The zero-order chi connectivity index (χ0) is 6.69. The second-order valence-electron chi connectivity index (χ2n) is 2.02. The Hall–Kier alpha value is -0.970. The minimum absolute atomic E-state index is 0.0231. The first kappa shape index (κ1) is 6.15. The summed E-state index contributed by atoms with van der Waals surface area (Å²) in [7, 11) is 0. The summed E-state index contributed by atoms with van der Waals surface area (Å²) in [6, 6.07) is 0. The van der Waals surface area contributed by atoms with Crippen molar-refractivity contribution in [2.24, 2.45) is 5.16 Å². The lowest BCUT2D eigenvalue weighted by atomic mass is 10.2. The summed E-state index contributed by atoms with van der Waals surface area (Å²) in [5.41, 5.74) is 1.03. The van der Waals surface area contributed by atoms with E-state index in [1.54, 1.807) is 6.92 Å². The Morgan fingerprint density at radius 3 is 3.00 bits per heavy atom. The summed E-state index contributed by atoms with van der Waals surface area (Å²) in [5.74, 6) is 5.67. The highest BCUT2D eigenvalue weighted by Crippen LogP contribution is 2.07. The van der Waals surface area contributed by atoms with Crippen LogP contribution in [-0.2, 0) is 4.84 Å². The Labute approximate surface area is 54.9 Å². The first-order valence-electron chi connectivity index (χ1n) is 2.94. The molecule has 9 heavy (non-hydrogen) atoms. The van der Waals surface area contributed by atoms with Gasteiger partial charge in [-0.25, -0.2) is 0 Å². The fourth-order valence-electron chi connectivity index (χ4n) is 0.735. The molecule has 1 aliphatic rings. The van der Waals surface area contributed by atoms with E-state index in [2.05, 4.69) is 17.0 Å². The molecule has 0 radical (unpaired) electrons. The second kappa shape index (κ2) is 2.54. The quantitative estimate of drug-likeness (QED) is 0.443. The normalized spacial score (nSPS) is 23.8. The summed E-state index contributed by atoms with van der Waals surface area (Å²) in [6.45, 7) is 3.74. The molecule has 1 rings (SSSR count). The summed E-state index contributed by atoms with van der Waals surface area (Å²) in [5, 5.41) is 3.75. The van der Waals surface area contributed by atoms with Crippen LogP contribution in [0.1, 0.15) is 20.3 Å². The maximum absolute atomic E-state index is 4.92. The van der Waals surface area contributed by atoms with Crippen molar-refractivity contribution in [3.05, 3.63) is 0 Å². The maximum atomic E-state index is 4.92. The Morgan fingerprint density at radius 2 is 2.56 bits per heavy atom. The maximum Gasteiger partial charge on any atom is 0.192 e. The average Bonchev–Trinajstić information content (AvgIpc) is 2.17. The highest BCUT2D eigenvalue weighted by Gasteiger charge is 2.13. The predicted octanol–water partition coefficient (Wildman–Crippen LogP) is 1.17. The van der Waals surface area contributed by atoms with E-state index in [9.17, 15) is 0 Å². The second-order valence-corrected chi connectivity index (χ2v) is 2.02. The molecule has 0 fully saturated rings. The van der Waals surface area contributed by atoms with E-state index in [4.69, 9.17) is 4.84 Å². The Balaban J connectivity index is 2.43. The molecule has 1 atom stereocenters. The van der Waals surface area contributed by atoms with Gasteiger partial charge < -0.3 is 4.84 Å². The molecule has 2 heteroatoms. The van der Waals surface area contributed by atoms with Gasteiger partial charge >= 0.3 is 0 Å². The van der Waals surface area contributed by atoms with Crippen molar-refractivity contribution in [3.63, 3.8) is 0 Å². The zero-order valence-corrected chi connectivity index (χ0v) is 5.64. The third kappa shape index (κ3) is 1.46. The van der Waals surface area contributed by atoms with Crippen LogP contribution < -0.4 is 0 Å². The Bertz CT molecular complexity index is 185. The molecule has 0 amide bonds. The zero-order valence-electron chi connectivity index (χ0n) is 5.64. The smallest absolute Gasteiger partial charge is 0.192 e. The van der Waals surface area contributed by atoms with Gasteiger partial charge in [0.25, 0.3) is 0 Å². The predicted molar refractivity (Wildman–Crippen MR) is 36.0 cm³/mol. The van der Waals surface area contributed by atoms with Crippen molar-refractivity contribution in [1.29, 1.82) is 0 Å². The van der Waals surface area contributed by atoms with Gasteiger partial charge in [-0.2, -0.15) is 0 Å². The first-order valence-corrected chi connectivity index (χ1v) is 2.94. The number of hydrogen-bond donors (Lipinski definition) is 0. The molecule has 0 spiro atoms. The molecule has 0 aromatic rings. The van der Waals surface area contributed by atoms with Gasteiger partial charge in [-0.3, -0.25) is 0 Å². The van der Waals surface area contributed by atoms with E-state index < -0.39 is 0 Å². The largest absolute Gasteiger partial charge is 0.379 e. The molecular weight excluding hydrogens is 114 g/mol. The lowest BCUT2D eigenvalue weighted by molar-refractivity contribution is 0.126. The van der Waals surface area contributed by atoms with Gasteiger partial charge in [0.1, 0.15) is 0 Å². The highest BCUT2D eigenvalue weighted by molar-refractivity contribution is 5.83. The van der Waals surface area contributed by atoms with Crippen LogP contribution in [-0.4, -0.2) is 11.8 Å². The van der Waals surface area contributed by atoms with Gasteiger partial charge in [0, 0.05) is 6.42 Å². The molecule has 0 bridgehead atoms. The molecule has 0 saturated carbocycles. The third-order valence-electron chi connectivity index (χ3n) is 1.12. The molecule has 1 heterocycles. The van der Waals surface area contributed by atoms with Crippen molar-refractivity contribution in [1.82, 2.24) is 0 Å². The summed E-state index contributed by atoms with van der Waals surface area (Å²) in [6.07, 6.45) is 0.885. The number of oxime groups is 1. The van der Waals surface area contributed by atoms with E-state index >= 15 is 0 Å². The fourth-order valence-corrected chi connectivity index (χ4v) is 0.735. The van der Waals surface area contributed by atoms with Crippen LogP contribution in [0.15, 0.2) is 5.16 Å². The lowest BCUT2D eigenvalue weighted by Crippen LogP contribution is -2.01. The molecule has 0 N–H and O–H groups in total. The third-order valence-corrected chi connectivity index (χ3v) is 1.12. The van der Waals surface area contributed by atoms with Gasteiger partial charge in [0.15, 0.2) is 6.10 Å². The minimum Gasteiger partial charge on any atom is -0.379 e. The van der Waals surface area contributed by atoms with Gasteiger partial charge in [-0.05, 0) is 13.8 Å². The van der Waals surface area contributed by atoms with E-state index in [-0.39, 0.29) is 6.10 Å². The van der Waals surface area contributed by atoms with Crippen LogP contribution in [0.25, 0.3) is 0 Å². The van der Waals surface area contributed by atoms with Gasteiger partial charge in [-0.15, -0.1) is 5.92 Å². The van der Waals surface area contributed by atoms with Gasteiger partial charge in [-0.1, -0.05) is 11.1 Å². The van der Waals surface area contributed by atoms with Crippen molar-refractivity contribution >= 4 is 5.71 Å². The molecule has 1 unspecified atom stereocenters. The molecule has 0 aromatic carbocycles. The summed E-state index contributed by atoms with van der Waals surface area (Å²) >= 11 is 0. The molecule has 0 aromatic heterocycles. The molecule has 1 aliphatic heterocycles. The fraction of sp³-hybridized carbons (Fsp3) is 0.571. The number of rotatable bonds is 0. The van der Waals surface area contributed by atoms with Gasteiger partial charge in [0.2, 0.25) is 0 Å². The average molecular weight is 123 g/mol. The van der Waals surface area contributed by atoms with Crippen molar-refractivity contribution in [2.75, 3.05) is 0 Å². The summed E-state index contributed by atoms with van der Waals surface area (Å²) in [4.78, 5) is 4.92. The lowest BCUT2D eigenvalue weighted by Gasteiger charge is -1.94. The van der Waals surface area contributed by atoms with E-state index in [0.717, 1.165) is 12.1 Å². The van der Waals surface area contributed by atoms with Crippen LogP contribution in [0.5, 0.6) is 0 Å². The van der Waals surface area contributed by atoms with Crippen LogP contribution >= 0.6 is 0 Å². The molecule has 48 valence electrons. The van der Waals surface area contributed by atoms with Crippen LogP contribution in [0.2, 0.25) is 0 Å². The minimum atomic E-state index is 0.0231. The Kier molecular flexibility index (Phi) is 1.74. The van der Waals surface area contributed by atoms with Crippen molar-refractivity contribution < 1.29 is 4.84 Å².